The molecule has 0 fully saturated rings. The highest BCUT2D eigenvalue weighted by atomic mass is 14.5. The van der Waals surface area contributed by atoms with Crippen LogP contribution in [-0.2, 0) is 25.7 Å². The van der Waals surface area contributed by atoms with Crippen LogP contribution in [0.1, 0.15) is 66.5 Å². The Labute approximate surface area is 170 Å². The van der Waals surface area contributed by atoms with Gasteiger partial charge in [0.15, 0.2) is 0 Å². The lowest BCUT2D eigenvalue weighted by Crippen LogP contribution is -1.99. The molecule has 28 heavy (non-hydrogen) atoms. The fourth-order valence-corrected chi connectivity index (χ4v) is 3.74. The van der Waals surface area contributed by atoms with Crippen molar-refractivity contribution < 1.29 is 0 Å². The Balaban J connectivity index is 1.80. The minimum absolute atomic E-state index is 0.827. The maximum Gasteiger partial charge on any atom is 0.0314 e. The van der Waals surface area contributed by atoms with Gasteiger partial charge in [-0.15, -0.1) is 0 Å². The molecule has 0 bridgehead atoms. The van der Waals surface area contributed by atoms with Crippen LogP contribution in [0.15, 0.2) is 66.7 Å². The molecule has 0 amide bonds. The molecule has 1 nitrogen and oxygen atoms in total. The number of rotatable bonds is 9. The van der Waals surface area contributed by atoms with E-state index < -0.39 is 0 Å². The number of aryl methyl sites for hydroxylation is 2. The molecule has 3 aromatic carbocycles. The third kappa shape index (κ3) is 5.73. The summed E-state index contributed by atoms with van der Waals surface area (Å²) >= 11 is 0. The summed E-state index contributed by atoms with van der Waals surface area (Å²) in [5, 5.41) is 0. The molecule has 0 aliphatic carbocycles. The summed E-state index contributed by atoms with van der Waals surface area (Å²) in [6.45, 7) is 4.48. The zero-order valence-electron chi connectivity index (χ0n) is 17.4. The number of nitrogens with two attached hydrogens (primary N) is 1. The van der Waals surface area contributed by atoms with Crippen molar-refractivity contribution in [3.8, 4) is 0 Å². The van der Waals surface area contributed by atoms with Crippen LogP contribution in [-0.4, -0.2) is 0 Å². The van der Waals surface area contributed by atoms with Crippen molar-refractivity contribution in [1.29, 1.82) is 0 Å². The molecule has 0 aromatic heterocycles. The van der Waals surface area contributed by atoms with Gasteiger partial charge in [-0.25, -0.2) is 0 Å². The molecule has 0 radical (unpaired) electrons. The summed E-state index contributed by atoms with van der Waals surface area (Å²) in [5.74, 6) is 0. The molecule has 0 saturated carbocycles. The molecule has 0 heterocycles. The predicted molar refractivity (Wildman–Crippen MR) is 122 cm³/mol. The Morgan fingerprint density at radius 3 is 1.89 bits per heavy atom. The molecule has 0 saturated heterocycles. The Morgan fingerprint density at radius 1 is 0.607 bits per heavy atom. The average Bonchev–Trinajstić information content (AvgIpc) is 2.72. The molecule has 146 valence electrons. The van der Waals surface area contributed by atoms with Crippen LogP contribution in [0.25, 0.3) is 0 Å². The van der Waals surface area contributed by atoms with Gasteiger partial charge in [0, 0.05) is 5.69 Å². The van der Waals surface area contributed by atoms with Gasteiger partial charge in [0.1, 0.15) is 0 Å². The molecule has 0 aliphatic heterocycles. The van der Waals surface area contributed by atoms with E-state index in [1.807, 2.05) is 12.1 Å². The highest BCUT2D eigenvalue weighted by Crippen LogP contribution is 2.21. The molecule has 0 aliphatic rings. The largest absolute Gasteiger partial charge is 0.399 e. The van der Waals surface area contributed by atoms with Crippen LogP contribution in [0.2, 0.25) is 0 Å². The van der Waals surface area contributed by atoms with E-state index >= 15 is 0 Å². The van der Waals surface area contributed by atoms with Crippen molar-refractivity contribution >= 4 is 5.69 Å². The number of hydrogen-bond acceptors (Lipinski definition) is 1. The lowest BCUT2D eigenvalue weighted by Gasteiger charge is -2.13. The fraction of sp³-hybridized carbons (Fsp3) is 0.333. The van der Waals surface area contributed by atoms with Crippen LogP contribution in [0.3, 0.4) is 0 Å². The summed E-state index contributed by atoms with van der Waals surface area (Å²) < 4.78 is 0. The SMILES string of the molecule is CCCCCc1cc(Cc2ccc(N)cc2)ccc1Cc1ccc(CC)cc1. The summed E-state index contributed by atoms with van der Waals surface area (Å²) in [5.41, 5.74) is 15.2. The molecule has 0 spiro atoms. The fourth-order valence-electron chi connectivity index (χ4n) is 3.74. The van der Waals surface area contributed by atoms with Gasteiger partial charge in [0.2, 0.25) is 0 Å². The van der Waals surface area contributed by atoms with E-state index in [1.165, 1.54) is 59.1 Å². The second-order valence-electron chi connectivity index (χ2n) is 7.83. The minimum atomic E-state index is 0.827. The highest BCUT2D eigenvalue weighted by Gasteiger charge is 2.07. The summed E-state index contributed by atoms with van der Waals surface area (Å²) in [6.07, 6.45) is 8.09. The summed E-state index contributed by atoms with van der Waals surface area (Å²) in [6, 6.07) is 24.4. The van der Waals surface area contributed by atoms with E-state index in [1.54, 1.807) is 0 Å². The van der Waals surface area contributed by atoms with Crippen molar-refractivity contribution in [2.45, 2.75) is 58.8 Å². The van der Waals surface area contributed by atoms with Crippen molar-refractivity contribution in [2.24, 2.45) is 0 Å². The average molecular weight is 372 g/mol. The molecule has 0 atom stereocenters. The number of benzene rings is 3. The summed E-state index contributed by atoms with van der Waals surface area (Å²) in [4.78, 5) is 0. The standard InChI is InChI=1S/C27H33N/c1-3-5-6-7-25-20-24(18-22-13-16-27(28)17-14-22)12-15-26(25)19-23-10-8-21(4-2)9-11-23/h8-17,20H,3-7,18-19,28H2,1-2H3. The lowest BCUT2D eigenvalue weighted by molar-refractivity contribution is 0.713. The van der Waals surface area contributed by atoms with Crippen molar-refractivity contribution in [2.75, 3.05) is 5.73 Å². The van der Waals surface area contributed by atoms with Crippen molar-refractivity contribution in [1.82, 2.24) is 0 Å². The lowest BCUT2D eigenvalue weighted by atomic mass is 9.92. The molecular weight excluding hydrogens is 338 g/mol. The second kappa shape index (κ2) is 10.1. The molecule has 1 heteroatoms. The third-order valence-corrected chi connectivity index (χ3v) is 5.53. The van der Waals surface area contributed by atoms with E-state index in [9.17, 15) is 0 Å². The minimum Gasteiger partial charge on any atom is -0.399 e. The van der Waals surface area contributed by atoms with Gasteiger partial charge in [-0.1, -0.05) is 81.3 Å². The second-order valence-corrected chi connectivity index (χ2v) is 7.83. The van der Waals surface area contributed by atoms with E-state index in [0.717, 1.165) is 24.9 Å². The Kier molecular flexibility index (Phi) is 7.31. The van der Waals surface area contributed by atoms with Gasteiger partial charge in [-0.3, -0.25) is 0 Å². The number of hydrogen-bond donors (Lipinski definition) is 1. The third-order valence-electron chi connectivity index (χ3n) is 5.53. The first-order valence-electron chi connectivity index (χ1n) is 10.7. The van der Waals surface area contributed by atoms with Crippen molar-refractivity contribution in [3.63, 3.8) is 0 Å². The van der Waals surface area contributed by atoms with E-state index in [0.29, 0.717) is 0 Å². The smallest absolute Gasteiger partial charge is 0.0314 e. The Bertz CT molecular complexity index is 860. The van der Waals surface area contributed by atoms with Crippen LogP contribution >= 0.6 is 0 Å². The maximum absolute atomic E-state index is 5.82. The molecular formula is C27H33N. The molecule has 3 rings (SSSR count). The van der Waals surface area contributed by atoms with Crippen LogP contribution in [0.5, 0.6) is 0 Å². The van der Waals surface area contributed by atoms with E-state index in [4.69, 9.17) is 5.73 Å². The van der Waals surface area contributed by atoms with Gasteiger partial charge in [-0.05, 0) is 77.6 Å². The van der Waals surface area contributed by atoms with Crippen LogP contribution < -0.4 is 5.73 Å². The van der Waals surface area contributed by atoms with Crippen molar-refractivity contribution in [3.05, 3.63) is 100 Å². The van der Waals surface area contributed by atoms with Gasteiger partial charge in [-0.2, -0.15) is 0 Å². The van der Waals surface area contributed by atoms with E-state index in [2.05, 4.69) is 68.4 Å². The topological polar surface area (TPSA) is 26.0 Å². The number of unbranched alkanes of at least 4 members (excludes halogenated alkanes) is 2. The Hall–Kier alpha value is -2.54. The van der Waals surface area contributed by atoms with Crippen LogP contribution in [0.4, 0.5) is 5.69 Å². The van der Waals surface area contributed by atoms with Gasteiger partial charge in [0.05, 0.1) is 0 Å². The normalized spacial score (nSPS) is 10.9. The highest BCUT2D eigenvalue weighted by molar-refractivity contribution is 5.42. The van der Waals surface area contributed by atoms with E-state index in [-0.39, 0.29) is 0 Å². The summed E-state index contributed by atoms with van der Waals surface area (Å²) in [7, 11) is 0. The van der Waals surface area contributed by atoms with Gasteiger partial charge in [0.25, 0.3) is 0 Å². The monoisotopic (exact) mass is 371 g/mol. The van der Waals surface area contributed by atoms with Gasteiger partial charge < -0.3 is 5.73 Å². The molecule has 0 unspecified atom stereocenters. The molecule has 3 aromatic rings. The molecule has 2 N–H and O–H groups in total. The zero-order chi connectivity index (χ0) is 19.8. The maximum atomic E-state index is 5.82. The first kappa shape index (κ1) is 20.2. The first-order chi connectivity index (χ1) is 13.7. The number of anilines is 1. The zero-order valence-corrected chi connectivity index (χ0v) is 17.4. The first-order valence-corrected chi connectivity index (χ1v) is 10.7. The van der Waals surface area contributed by atoms with Gasteiger partial charge >= 0.3 is 0 Å². The quantitative estimate of drug-likeness (QED) is 0.327. The van der Waals surface area contributed by atoms with Crippen LogP contribution in [0, 0.1) is 0 Å². The predicted octanol–water partition coefficient (Wildman–Crippen LogP) is 6.75. The number of nitrogen functional groups attached to an aromatic ring is 1. The Morgan fingerprint density at radius 2 is 1.21 bits per heavy atom.